The van der Waals surface area contributed by atoms with Gasteiger partial charge in [-0.15, -0.1) is 10.2 Å². The maximum atomic E-state index is 6.28. The standard InChI is InChI=1S/C17H11ClN4/c18-16-15(14-10-19-21-17(14)22-20-16)13-8-4-7-12(9-13)11-5-2-1-3-6-11/h1-10H,(H,19,21,22). The van der Waals surface area contributed by atoms with Crippen molar-refractivity contribution in [3.05, 3.63) is 65.9 Å². The largest absolute Gasteiger partial charge is 0.259 e. The summed E-state index contributed by atoms with van der Waals surface area (Å²) in [5.74, 6) is 0. The third kappa shape index (κ3) is 2.14. The lowest BCUT2D eigenvalue weighted by Crippen LogP contribution is -1.90. The fourth-order valence-corrected chi connectivity index (χ4v) is 2.80. The molecule has 0 saturated carbocycles. The predicted octanol–water partition coefficient (Wildman–Crippen LogP) is 4.34. The van der Waals surface area contributed by atoms with Crippen molar-refractivity contribution in [1.82, 2.24) is 20.4 Å². The molecule has 0 unspecified atom stereocenters. The van der Waals surface area contributed by atoms with Gasteiger partial charge < -0.3 is 0 Å². The van der Waals surface area contributed by atoms with Crippen LogP contribution in [-0.2, 0) is 0 Å². The molecule has 5 heteroatoms. The monoisotopic (exact) mass is 306 g/mol. The number of fused-ring (bicyclic) bond motifs is 1. The molecule has 0 aliphatic heterocycles. The zero-order chi connectivity index (χ0) is 14.9. The summed E-state index contributed by atoms with van der Waals surface area (Å²) in [6.45, 7) is 0. The molecular formula is C17H11ClN4. The Morgan fingerprint density at radius 1 is 0.818 bits per heavy atom. The Labute approximate surface area is 131 Å². The van der Waals surface area contributed by atoms with Crippen molar-refractivity contribution in [3.8, 4) is 22.3 Å². The molecule has 4 rings (SSSR count). The molecule has 0 aliphatic carbocycles. The Balaban J connectivity index is 1.93. The maximum Gasteiger partial charge on any atom is 0.178 e. The summed E-state index contributed by atoms with van der Waals surface area (Å²) in [7, 11) is 0. The van der Waals surface area contributed by atoms with E-state index in [1.54, 1.807) is 6.20 Å². The minimum absolute atomic E-state index is 0.374. The van der Waals surface area contributed by atoms with E-state index >= 15 is 0 Å². The molecule has 0 amide bonds. The van der Waals surface area contributed by atoms with Crippen LogP contribution in [0.4, 0.5) is 0 Å². The minimum atomic E-state index is 0.374. The molecule has 0 saturated heterocycles. The normalized spacial score (nSPS) is 11.0. The SMILES string of the molecule is Clc1nnc2[nH]ncc2c1-c1cccc(-c2ccccc2)c1. The van der Waals surface area contributed by atoms with Gasteiger partial charge in [-0.1, -0.05) is 60.1 Å². The first-order valence-electron chi connectivity index (χ1n) is 6.84. The van der Waals surface area contributed by atoms with Gasteiger partial charge in [-0.25, -0.2) is 0 Å². The van der Waals surface area contributed by atoms with Crippen LogP contribution >= 0.6 is 11.6 Å². The van der Waals surface area contributed by atoms with E-state index in [1.807, 2.05) is 30.3 Å². The lowest BCUT2D eigenvalue weighted by Gasteiger charge is -2.07. The topological polar surface area (TPSA) is 54.5 Å². The van der Waals surface area contributed by atoms with E-state index < -0.39 is 0 Å². The minimum Gasteiger partial charge on any atom is -0.259 e. The van der Waals surface area contributed by atoms with E-state index in [4.69, 9.17) is 11.6 Å². The zero-order valence-corrected chi connectivity index (χ0v) is 12.2. The summed E-state index contributed by atoms with van der Waals surface area (Å²) < 4.78 is 0. The first-order chi connectivity index (χ1) is 10.8. The molecule has 2 heterocycles. The average molecular weight is 307 g/mol. The highest BCUT2D eigenvalue weighted by Crippen LogP contribution is 2.34. The Hall–Kier alpha value is -2.72. The maximum absolute atomic E-state index is 6.28. The number of aromatic nitrogens is 4. The summed E-state index contributed by atoms with van der Waals surface area (Å²) in [5, 5.41) is 16.1. The summed E-state index contributed by atoms with van der Waals surface area (Å²) in [6.07, 6.45) is 1.72. The van der Waals surface area contributed by atoms with Crippen molar-refractivity contribution in [2.75, 3.05) is 0 Å². The van der Waals surface area contributed by atoms with Crippen molar-refractivity contribution in [3.63, 3.8) is 0 Å². The fraction of sp³-hybridized carbons (Fsp3) is 0. The smallest absolute Gasteiger partial charge is 0.178 e. The second-order valence-electron chi connectivity index (χ2n) is 4.94. The Kier molecular flexibility index (Phi) is 3.09. The zero-order valence-electron chi connectivity index (χ0n) is 11.5. The molecule has 0 fully saturated rings. The molecule has 0 bridgehead atoms. The van der Waals surface area contributed by atoms with Crippen molar-refractivity contribution in [1.29, 1.82) is 0 Å². The van der Waals surface area contributed by atoms with Gasteiger partial charge in [0.25, 0.3) is 0 Å². The van der Waals surface area contributed by atoms with Gasteiger partial charge in [0.1, 0.15) is 0 Å². The number of hydrogen-bond donors (Lipinski definition) is 1. The van der Waals surface area contributed by atoms with E-state index in [-0.39, 0.29) is 0 Å². The van der Waals surface area contributed by atoms with Gasteiger partial charge in [-0.3, -0.25) is 5.10 Å². The Morgan fingerprint density at radius 3 is 2.45 bits per heavy atom. The van der Waals surface area contributed by atoms with E-state index in [9.17, 15) is 0 Å². The summed E-state index contributed by atoms with van der Waals surface area (Å²) >= 11 is 6.28. The van der Waals surface area contributed by atoms with Crippen molar-refractivity contribution in [2.24, 2.45) is 0 Å². The number of nitrogens with one attached hydrogen (secondary N) is 1. The quantitative estimate of drug-likeness (QED) is 0.599. The van der Waals surface area contributed by atoms with Crippen LogP contribution in [0.3, 0.4) is 0 Å². The van der Waals surface area contributed by atoms with Crippen LogP contribution in [-0.4, -0.2) is 20.4 Å². The predicted molar refractivity (Wildman–Crippen MR) is 87.6 cm³/mol. The number of benzene rings is 2. The van der Waals surface area contributed by atoms with E-state index in [0.29, 0.717) is 10.8 Å². The molecule has 1 N–H and O–H groups in total. The lowest BCUT2D eigenvalue weighted by atomic mass is 9.99. The van der Waals surface area contributed by atoms with Crippen LogP contribution in [0.5, 0.6) is 0 Å². The molecule has 4 nitrogen and oxygen atoms in total. The Morgan fingerprint density at radius 2 is 1.59 bits per heavy atom. The molecular weight excluding hydrogens is 296 g/mol. The number of aromatic amines is 1. The highest BCUT2D eigenvalue weighted by molar-refractivity contribution is 6.33. The second kappa shape index (κ2) is 5.24. The fourth-order valence-electron chi connectivity index (χ4n) is 2.55. The van der Waals surface area contributed by atoms with Gasteiger partial charge >= 0.3 is 0 Å². The van der Waals surface area contributed by atoms with Gasteiger partial charge in [0.05, 0.1) is 11.6 Å². The summed E-state index contributed by atoms with van der Waals surface area (Å²) in [4.78, 5) is 0. The number of H-pyrrole nitrogens is 1. The number of nitrogens with zero attached hydrogens (tertiary/aromatic N) is 3. The first-order valence-corrected chi connectivity index (χ1v) is 7.22. The third-order valence-electron chi connectivity index (χ3n) is 3.59. The van der Waals surface area contributed by atoms with E-state index in [2.05, 4.69) is 44.7 Å². The number of halogens is 1. The molecule has 4 aromatic rings. The summed E-state index contributed by atoms with van der Waals surface area (Å²) in [5.41, 5.74) is 4.75. The van der Waals surface area contributed by atoms with Crippen LogP contribution in [0.2, 0.25) is 5.15 Å². The molecule has 0 radical (unpaired) electrons. The van der Waals surface area contributed by atoms with Crippen molar-refractivity contribution in [2.45, 2.75) is 0 Å². The van der Waals surface area contributed by atoms with E-state index in [1.165, 1.54) is 0 Å². The van der Waals surface area contributed by atoms with Gasteiger partial charge in [-0.2, -0.15) is 5.10 Å². The average Bonchev–Trinajstić information content (AvgIpc) is 3.04. The molecule has 106 valence electrons. The second-order valence-corrected chi connectivity index (χ2v) is 5.30. The van der Waals surface area contributed by atoms with E-state index in [0.717, 1.165) is 27.6 Å². The molecule has 0 atom stereocenters. The number of rotatable bonds is 2. The van der Waals surface area contributed by atoms with Crippen LogP contribution in [0.25, 0.3) is 33.3 Å². The molecule has 0 spiro atoms. The van der Waals surface area contributed by atoms with Crippen LogP contribution in [0, 0.1) is 0 Å². The van der Waals surface area contributed by atoms with Gasteiger partial charge in [0, 0.05) is 5.56 Å². The molecule has 22 heavy (non-hydrogen) atoms. The van der Waals surface area contributed by atoms with Crippen LogP contribution < -0.4 is 0 Å². The highest BCUT2D eigenvalue weighted by atomic mass is 35.5. The van der Waals surface area contributed by atoms with Crippen molar-refractivity contribution < 1.29 is 0 Å². The van der Waals surface area contributed by atoms with Gasteiger partial charge in [0.15, 0.2) is 10.8 Å². The molecule has 0 aliphatic rings. The Bertz CT molecular complexity index is 947. The lowest BCUT2D eigenvalue weighted by molar-refractivity contribution is 1.02. The third-order valence-corrected chi connectivity index (χ3v) is 3.86. The highest BCUT2D eigenvalue weighted by Gasteiger charge is 2.13. The van der Waals surface area contributed by atoms with Crippen LogP contribution in [0.15, 0.2) is 60.8 Å². The molecule has 2 aromatic heterocycles. The van der Waals surface area contributed by atoms with Crippen LogP contribution in [0.1, 0.15) is 0 Å². The van der Waals surface area contributed by atoms with Gasteiger partial charge in [0.2, 0.25) is 0 Å². The van der Waals surface area contributed by atoms with Gasteiger partial charge in [-0.05, 0) is 22.8 Å². The molecule has 2 aromatic carbocycles. The summed E-state index contributed by atoms with van der Waals surface area (Å²) in [6, 6.07) is 18.4. The van der Waals surface area contributed by atoms with Crippen molar-refractivity contribution >= 4 is 22.6 Å². The number of hydrogen-bond acceptors (Lipinski definition) is 3. The first kappa shape index (κ1) is 13.0.